The Morgan fingerprint density at radius 1 is 1.06 bits per heavy atom. The van der Waals surface area contributed by atoms with Crippen molar-refractivity contribution in [2.24, 2.45) is 5.92 Å². The fraction of sp³-hybridized carbons (Fsp3) is 0.318. The van der Waals surface area contributed by atoms with Crippen molar-refractivity contribution in [3.05, 3.63) is 42.5 Å². The molecule has 1 aliphatic rings. The SMILES string of the molecule is CCNC(=O)Nc1cccc(NC(=O)C2CC(=O)N(c3cc(OC)ccc3OC)C2)c1. The van der Waals surface area contributed by atoms with Crippen LogP contribution in [-0.4, -0.2) is 45.2 Å². The van der Waals surface area contributed by atoms with Gasteiger partial charge in [0.25, 0.3) is 0 Å². The van der Waals surface area contributed by atoms with Gasteiger partial charge in [0.1, 0.15) is 11.5 Å². The zero-order chi connectivity index (χ0) is 22.4. The number of methoxy groups -OCH3 is 2. The molecule has 31 heavy (non-hydrogen) atoms. The summed E-state index contributed by atoms with van der Waals surface area (Å²) in [6, 6.07) is 11.7. The monoisotopic (exact) mass is 426 g/mol. The molecular weight excluding hydrogens is 400 g/mol. The van der Waals surface area contributed by atoms with Gasteiger partial charge in [-0.2, -0.15) is 0 Å². The lowest BCUT2D eigenvalue weighted by Gasteiger charge is -2.20. The molecule has 1 fully saturated rings. The summed E-state index contributed by atoms with van der Waals surface area (Å²) < 4.78 is 10.6. The second-order valence-corrected chi connectivity index (χ2v) is 7.00. The van der Waals surface area contributed by atoms with Crippen molar-refractivity contribution < 1.29 is 23.9 Å². The topological polar surface area (TPSA) is 109 Å². The maximum Gasteiger partial charge on any atom is 0.319 e. The van der Waals surface area contributed by atoms with Crippen molar-refractivity contribution in [2.75, 3.05) is 42.8 Å². The third kappa shape index (κ3) is 5.25. The van der Waals surface area contributed by atoms with Crippen LogP contribution < -0.4 is 30.3 Å². The number of nitrogens with zero attached hydrogens (tertiary/aromatic N) is 1. The Hall–Kier alpha value is -3.75. The smallest absolute Gasteiger partial charge is 0.319 e. The number of urea groups is 1. The Kier molecular flexibility index (Phi) is 6.96. The molecule has 2 aromatic rings. The highest BCUT2D eigenvalue weighted by Crippen LogP contribution is 2.36. The molecule has 0 bridgehead atoms. The lowest BCUT2D eigenvalue weighted by molar-refractivity contribution is -0.122. The lowest BCUT2D eigenvalue weighted by Crippen LogP contribution is -2.29. The van der Waals surface area contributed by atoms with E-state index in [1.807, 2.05) is 6.92 Å². The Bertz CT molecular complexity index is 978. The molecule has 0 radical (unpaired) electrons. The van der Waals surface area contributed by atoms with Crippen molar-refractivity contribution in [1.82, 2.24) is 5.32 Å². The normalized spacial score (nSPS) is 15.4. The number of hydrogen-bond donors (Lipinski definition) is 3. The summed E-state index contributed by atoms with van der Waals surface area (Å²) in [4.78, 5) is 38.7. The van der Waals surface area contributed by atoms with Gasteiger partial charge in [-0.05, 0) is 37.3 Å². The van der Waals surface area contributed by atoms with E-state index in [2.05, 4.69) is 16.0 Å². The molecule has 2 aromatic carbocycles. The van der Waals surface area contributed by atoms with E-state index in [1.54, 1.807) is 54.5 Å². The minimum Gasteiger partial charge on any atom is -0.497 e. The van der Waals surface area contributed by atoms with Crippen LogP contribution in [0.25, 0.3) is 0 Å². The molecule has 4 amide bonds. The third-order valence-corrected chi connectivity index (χ3v) is 4.90. The van der Waals surface area contributed by atoms with Gasteiger partial charge in [0.05, 0.1) is 25.8 Å². The quantitative estimate of drug-likeness (QED) is 0.631. The molecule has 9 nitrogen and oxygen atoms in total. The van der Waals surface area contributed by atoms with Gasteiger partial charge in [-0.3, -0.25) is 9.59 Å². The minimum atomic E-state index is -0.525. The Morgan fingerprint density at radius 2 is 1.81 bits per heavy atom. The van der Waals surface area contributed by atoms with E-state index in [0.29, 0.717) is 35.1 Å². The van der Waals surface area contributed by atoms with E-state index in [-0.39, 0.29) is 30.8 Å². The molecule has 1 heterocycles. The van der Waals surface area contributed by atoms with Crippen molar-refractivity contribution in [1.29, 1.82) is 0 Å². The van der Waals surface area contributed by atoms with Gasteiger partial charge < -0.3 is 30.3 Å². The number of hydrogen-bond acceptors (Lipinski definition) is 5. The molecule has 1 aliphatic heterocycles. The van der Waals surface area contributed by atoms with Crippen molar-refractivity contribution in [3.8, 4) is 11.5 Å². The van der Waals surface area contributed by atoms with Crippen LogP contribution in [0.15, 0.2) is 42.5 Å². The average molecular weight is 426 g/mol. The first-order valence-corrected chi connectivity index (χ1v) is 9.93. The summed E-state index contributed by atoms with van der Waals surface area (Å²) in [6.45, 7) is 2.56. The Morgan fingerprint density at radius 3 is 2.48 bits per heavy atom. The second-order valence-electron chi connectivity index (χ2n) is 7.00. The molecule has 0 saturated carbocycles. The molecule has 9 heteroatoms. The lowest BCUT2D eigenvalue weighted by atomic mass is 10.1. The number of rotatable bonds is 7. The van der Waals surface area contributed by atoms with Crippen molar-refractivity contribution >= 4 is 34.9 Å². The highest BCUT2D eigenvalue weighted by Gasteiger charge is 2.36. The van der Waals surface area contributed by atoms with E-state index in [0.717, 1.165) is 0 Å². The maximum absolute atomic E-state index is 12.8. The third-order valence-electron chi connectivity index (χ3n) is 4.90. The summed E-state index contributed by atoms with van der Waals surface area (Å²) >= 11 is 0. The van der Waals surface area contributed by atoms with Gasteiger partial charge in [-0.25, -0.2) is 4.79 Å². The number of nitrogens with one attached hydrogen (secondary N) is 3. The van der Waals surface area contributed by atoms with Crippen LogP contribution in [0.1, 0.15) is 13.3 Å². The van der Waals surface area contributed by atoms with Gasteiger partial charge in [-0.15, -0.1) is 0 Å². The molecule has 1 saturated heterocycles. The number of ether oxygens (including phenoxy) is 2. The first-order valence-electron chi connectivity index (χ1n) is 9.93. The molecular formula is C22H26N4O5. The highest BCUT2D eigenvalue weighted by atomic mass is 16.5. The van der Waals surface area contributed by atoms with Gasteiger partial charge in [0.2, 0.25) is 11.8 Å². The van der Waals surface area contributed by atoms with Gasteiger partial charge in [-0.1, -0.05) is 6.07 Å². The summed E-state index contributed by atoms with van der Waals surface area (Å²) in [5.41, 5.74) is 1.65. The standard InChI is InChI=1S/C22H26N4O5/c1-4-23-22(29)25-16-7-5-6-15(11-16)24-21(28)14-10-20(27)26(13-14)18-12-17(30-2)8-9-19(18)31-3/h5-9,11-12,14H,4,10,13H2,1-3H3,(H,24,28)(H2,23,25,29). The zero-order valence-corrected chi connectivity index (χ0v) is 17.7. The number of benzene rings is 2. The largest absolute Gasteiger partial charge is 0.497 e. The molecule has 3 rings (SSSR count). The molecule has 1 unspecified atom stereocenters. The van der Waals surface area contributed by atoms with E-state index >= 15 is 0 Å². The highest BCUT2D eigenvalue weighted by molar-refractivity contribution is 6.04. The summed E-state index contributed by atoms with van der Waals surface area (Å²) in [5.74, 6) is 0.155. The molecule has 164 valence electrons. The number of carbonyl (C=O) groups excluding carboxylic acids is 3. The molecule has 0 aromatic heterocycles. The van der Waals surface area contributed by atoms with Crippen LogP contribution >= 0.6 is 0 Å². The van der Waals surface area contributed by atoms with E-state index in [4.69, 9.17) is 9.47 Å². The average Bonchev–Trinajstić information content (AvgIpc) is 3.15. The first-order chi connectivity index (χ1) is 14.9. The van der Waals surface area contributed by atoms with Crippen molar-refractivity contribution in [3.63, 3.8) is 0 Å². The maximum atomic E-state index is 12.8. The molecule has 0 spiro atoms. The van der Waals surface area contributed by atoms with Crippen LogP contribution in [-0.2, 0) is 9.59 Å². The fourth-order valence-corrected chi connectivity index (χ4v) is 3.38. The predicted molar refractivity (Wildman–Crippen MR) is 118 cm³/mol. The minimum absolute atomic E-state index is 0.0864. The molecule has 3 N–H and O–H groups in total. The van der Waals surface area contributed by atoms with Crippen LogP contribution in [0.2, 0.25) is 0 Å². The molecule has 0 aliphatic carbocycles. The van der Waals surface area contributed by atoms with Gasteiger partial charge in [0, 0.05) is 37.0 Å². The van der Waals surface area contributed by atoms with E-state index in [9.17, 15) is 14.4 Å². The summed E-state index contributed by atoms with van der Waals surface area (Å²) in [5, 5.41) is 8.17. The number of carbonyl (C=O) groups is 3. The predicted octanol–water partition coefficient (Wildman–Crippen LogP) is 2.84. The van der Waals surface area contributed by atoms with E-state index < -0.39 is 5.92 Å². The summed E-state index contributed by atoms with van der Waals surface area (Å²) in [6.07, 6.45) is 0.0864. The second kappa shape index (κ2) is 9.84. The van der Waals surface area contributed by atoms with Crippen LogP contribution in [0, 0.1) is 5.92 Å². The fourth-order valence-electron chi connectivity index (χ4n) is 3.38. The van der Waals surface area contributed by atoms with Gasteiger partial charge >= 0.3 is 6.03 Å². The Labute approximate surface area is 180 Å². The first kappa shape index (κ1) is 21.9. The Balaban J connectivity index is 1.69. The number of amides is 4. The van der Waals surface area contributed by atoms with Crippen molar-refractivity contribution in [2.45, 2.75) is 13.3 Å². The van der Waals surface area contributed by atoms with Crippen LogP contribution in [0.3, 0.4) is 0 Å². The van der Waals surface area contributed by atoms with Crippen LogP contribution in [0.4, 0.5) is 21.9 Å². The van der Waals surface area contributed by atoms with Gasteiger partial charge in [0.15, 0.2) is 0 Å². The van der Waals surface area contributed by atoms with Crippen LogP contribution in [0.5, 0.6) is 11.5 Å². The number of anilines is 3. The van der Waals surface area contributed by atoms with E-state index in [1.165, 1.54) is 7.11 Å². The molecule has 1 atom stereocenters. The zero-order valence-electron chi connectivity index (χ0n) is 17.7. The summed E-state index contributed by atoms with van der Waals surface area (Å²) in [7, 11) is 3.07.